The van der Waals surface area contributed by atoms with Gasteiger partial charge in [-0.3, -0.25) is 4.79 Å². The molecule has 94 valence electrons. The summed E-state index contributed by atoms with van der Waals surface area (Å²) in [5.41, 5.74) is 0.112. The van der Waals surface area contributed by atoms with Crippen molar-refractivity contribution in [2.24, 2.45) is 0 Å². The Morgan fingerprint density at radius 1 is 1.41 bits per heavy atom. The normalized spacial score (nSPS) is 11.4. The summed E-state index contributed by atoms with van der Waals surface area (Å²) in [5.74, 6) is -0.643. The molecule has 2 nitrogen and oxygen atoms in total. The Morgan fingerprint density at radius 2 is 2.06 bits per heavy atom. The average molecular weight is 284 g/mol. The molecule has 0 atom stereocenters. The topological polar surface area (TPSA) is 29.1 Å². The molecule has 0 unspecified atom stereocenters. The highest BCUT2D eigenvalue weighted by molar-refractivity contribution is 7.80. The molecule has 0 heterocycles. The van der Waals surface area contributed by atoms with E-state index in [2.05, 4.69) is 17.9 Å². The number of carbonyl (C=O) groups excluding carboxylic acids is 1. The number of hydrogen-bond acceptors (Lipinski definition) is 2. The standard InChI is InChI=1S/C10H9ClF3NOS/c11-8-2-1-6(17)5-7(8)9(16)15-4-3-10(12,13)14/h1-2,5,17H,3-4H2,(H,15,16). The molecule has 0 aliphatic rings. The van der Waals surface area contributed by atoms with E-state index in [-0.39, 0.29) is 10.6 Å². The van der Waals surface area contributed by atoms with Crippen molar-refractivity contribution < 1.29 is 18.0 Å². The third kappa shape index (κ3) is 4.87. The van der Waals surface area contributed by atoms with Gasteiger partial charge in [0.1, 0.15) is 0 Å². The summed E-state index contributed by atoms with van der Waals surface area (Å²) in [4.78, 5) is 12.0. The van der Waals surface area contributed by atoms with Gasteiger partial charge in [0.25, 0.3) is 5.91 Å². The van der Waals surface area contributed by atoms with E-state index in [0.717, 1.165) is 0 Å². The fraction of sp³-hybridized carbons (Fsp3) is 0.300. The minimum atomic E-state index is -4.29. The lowest BCUT2D eigenvalue weighted by Crippen LogP contribution is -2.28. The second-order valence-corrected chi connectivity index (χ2v) is 4.21. The summed E-state index contributed by atoms with van der Waals surface area (Å²) < 4.78 is 35.6. The minimum absolute atomic E-state index is 0.112. The monoisotopic (exact) mass is 283 g/mol. The van der Waals surface area contributed by atoms with Crippen molar-refractivity contribution in [3.05, 3.63) is 28.8 Å². The Labute approximate surface area is 107 Å². The van der Waals surface area contributed by atoms with Crippen molar-refractivity contribution >= 4 is 30.1 Å². The van der Waals surface area contributed by atoms with Crippen LogP contribution in [0.2, 0.25) is 5.02 Å². The first-order chi connectivity index (χ1) is 7.79. The second-order valence-electron chi connectivity index (χ2n) is 3.29. The van der Waals surface area contributed by atoms with Gasteiger partial charge in [-0.05, 0) is 18.2 Å². The van der Waals surface area contributed by atoms with E-state index in [1.807, 2.05) is 0 Å². The highest BCUT2D eigenvalue weighted by atomic mass is 35.5. The van der Waals surface area contributed by atoms with Gasteiger partial charge in [-0.2, -0.15) is 13.2 Å². The van der Waals surface area contributed by atoms with Gasteiger partial charge in [0.2, 0.25) is 0 Å². The number of nitrogens with one attached hydrogen (secondary N) is 1. The second kappa shape index (κ2) is 5.64. The van der Waals surface area contributed by atoms with Gasteiger partial charge in [0.05, 0.1) is 17.0 Å². The largest absolute Gasteiger partial charge is 0.390 e. The van der Waals surface area contributed by atoms with E-state index in [4.69, 9.17) is 11.6 Å². The number of hydrogen-bond donors (Lipinski definition) is 2. The Morgan fingerprint density at radius 3 is 2.65 bits per heavy atom. The number of amides is 1. The minimum Gasteiger partial charge on any atom is -0.352 e. The van der Waals surface area contributed by atoms with Crippen LogP contribution in [0.3, 0.4) is 0 Å². The molecule has 0 bridgehead atoms. The number of halogens is 4. The molecule has 0 saturated carbocycles. The molecule has 0 fully saturated rings. The van der Waals surface area contributed by atoms with Crippen LogP contribution in [0.1, 0.15) is 16.8 Å². The first-order valence-corrected chi connectivity index (χ1v) is 5.45. The van der Waals surface area contributed by atoms with Gasteiger partial charge in [-0.15, -0.1) is 12.6 Å². The third-order valence-corrected chi connectivity index (χ3v) is 2.50. The van der Waals surface area contributed by atoms with E-state index < -0.39 is 25.0 Å². The Balaban J connectivity index is 2.61. The molecular weight excluding hydrogens is 275 g/mol. The maximum atomic E-state index is 11.9. The highest BCUT2D eigenvalue weighted by Gasteiger charge is 2.26. The smallest absolute Gasteiger partial charge is 0.352 e. The number of carbonyl (C=O) groups is 1. The lowest BCUT2D eigenvalue weighted by Gasteiger charge is -2.09. The summed E-state index contributed by atoms with van der Waals surface area (Å²) >= 11 is 9.76. The quantitative estimate of drug-likeness (QED) is 0.819. The molecule has 0 radical (unpaired) electrons. The van der Waals surface area contributed by atoms with Crippen molar-refractivity contribution in [1.82, 2.24) is 5.32 Å². The van der Waals surface area contributed by atoms with Crippen LogP contribution in [-0.2, 0) is 0 Å². The third-order valence-electron chi connectivity index (χ3n) is 1.89. The maximum absolute atomic E-state index is 11.9. The summed E-state index contributed by atoms with van der Waals surface area (Å²) in [6.45, 7) is -0.477. The molecule has 1 N–H and O–H groups in total. The molecule has 7 heteroatoms. The number of benzene rings is 1. The summed E-state index contributed by atoms with van der Waals surface area (Å²) in [6.07, 6.45) is -5.36. The fourth-order valence-electron chi connectivity index (χ4n) is 1.10. The first-order valence-electron chi connectivity index (χ1n) is 4.63. The zero-order valence-corrected chi connectivity index (χ0v) is 10.2. The molecule has 0 aromatic heterocycles. The molecule has 1 aromatic carbocycles. The van der Waals surface area contributed by atoms with Crippen LogP contribution in [-0.4, -0.2) is 18.6 Å². The van der Waals surface area contributed by atoms with Crippen LogP contribution < -0.4 is 5.32 Å². The van der Waals surface area contributed by atoms with Crippen LogP contribution in [0.4, 0.5) is 13.2 Å². The van der Waals surface area contributed by atoms with E-state index >= 15 is 0 Å². The van der Waals surface area contributed by atoms with Crippen LogP contribution in [0.25, 0.3) is 0 Å². The van der Waals surface area contributed by atoms with Crippen molar-refractivity contribution in [2.45, 2.75) is 17.5 Å². The average Bonchev–Trinajstić information content (AvgIpc) is 2.19. The summed E-state index contributed by atoms with van der Waals surface area (Å²) in [5, 5.41) is 2.32. The lowest BCUT2D eigenvalue weighted by molar-refractivity contribution is -0.132. The highest BCUT2D eigenvalue weighted by Crippen LogP contribution is 2.20. The Bertz CT molecular complexity index is 423. The molecule has 0 aliphatic heterocycles. The van der Waals surface area contributed by atoms with Crippen molar-refractivity contribution in [1.29, 1.82) is 0 Å². The SMILES string of the molecule is O=C(NCCC(F)(F)F)c1cc(S)ccc1Cl. The van der Waals surface area contributed by atoms with Crippen molar-refractivity contribution in [2.75, 3.05) is 6.54 Å². The van der Waals surface area contributed by atoms with Crippen LogP contribution in [0, 0.1) is 0 Å². The van der Waals surface area contributed by atoms with Crippen molar-refractivity contribution in [3.8, 4) is 0 Å². The van der Waals surface area contributed by atoms with Gasteiger partial charge in [0, 0.05) is 11.4 Å². The van der Waals surface area contributed by atoms with Gasteiger partial charge in [0.15, 0.2) is 0 Å². The fourth-order valence-corrected chi connectivity index (χ4v) is 1.51. The van der Waals surface area contributed by atoms with E-state index in [1.54, 1.807) is 6.07 Å². The summed E-state index contributed by atoms with van der Waals surface area (Å²) in [7, 11) is 0. The molecule has 1 aromatic rings. The Kier molecular flexibility index (Phi) is 4.70. The molecule has 0 spiro atoms. The lowest BCUT2D eigenvalue weighted by atomic mass is 10.2. The number of rotatable bonds is 3. The number of thiol groups is 1. The van der Waals surface area contributed by atoms with Gasteiger partial charge in [-0.25, -0.2) is 0 Å². The van der Waals surface area contributed by atoms with Gasteiger partial charge >= 0.3 is 6.18 Å². The zero-order chi connectivity index (χ0) is 13.1. The van der Waals surface area contributed by atoms with Crippen molar-refractivity contribution in [3.63, 3.8) is 0 Å². The predicted molar refractivity (Wildman–Crippen MR) is 61.7 cm³/mol. The van der Waals surface area contributed by atoms with Gasteiger partial charge in [-0.1, -0.05) is 11.6 Å². The van der Waals surface area contributed by atoms with E-state index in [0.29, 0.717) is 4.90 Å². The summed E-state index contributed by atoms with van der Waals surface area (Å²) in [6, 6.07) is 4.44. The number of alkyl halides is 3. The van der Waals surface area contributed by atoms with E-state index in [9.17, 15) is 18.0 Å². The van der Waals surface area contributed by atoms with Crippen LogP contribution in [0.15, 0.2) is 23.1 Å². The molecule has 1 rings (SSSR count). The molecule has 17 heavy (non-hydrogen) atoms. The molecule has 0 aliphatic carbocycles. The molecular formula is C10H9ClF3NOS. The van der Waals surface area contributed by atoms with Crippen LogP contribution >= 0.6 is 24.2 Å². The van der Waals surface area contributed by atoms with E-state index in [1.165, 1.54) is 12.1 Å². The first kappa shape index (κ1) is 14.2. The van der Waals surface area contributed by atoms with Crippen LogP contribution in [0.5, 0.6) is 0 Å². The molecule has 0 saturated heterocycles. The van der Waals surface area contributed by atoms with Gasteiger partial charge < -0.3 is 5.32 Å². The zero-order valence-electron chi connectivity index (χ0n) is 8.51. The predicted octanol–water partition coefficient (Wildman–Crippen LogP) is 3.31. The Hall–Kier alpha value is -0.880. The molecule has 1 amide bonds. The maximum Gasteiger partial charge on any atom is 0.390 e.